The molecule has 6 heteroatoms. The van der Waals surface area contributed by atoms with Gasteiger partial charge in [0.25, 0.3) is 5.91 Å². The molecule has 0 aromatic heterocycles. The molecule has 0 bridgehead atoms. The summed E-state index contributed by atoms with van der Waals surface area (Å²) in [4.78, 5) is 19.0. The summed E-state index contributed by atoms with van der Waals surface area (Å²) in [6.07, 6.45) is 1.87. The van der Waals surface area contributed by atoms with Crippen molar-refractivity contribution in [3.63, 3.8) is 0 Å². The first-order chi connectivity index (χ1) is 10.8. The molecule has 1 fully saturated rings. The minimum Gasteiger partial charge on any atom is -0.494 e. The van der Waals surface area contributed by atoms with Crippen molar-refractivity contribution in [2.75, 3.05) is 32.9 Å². The first-order valence-corrected chi connectivity index (χ1v) is 8.16. The van der Waals surface area contributed by atoms with Crippen molar-refractivity contribution in [3.05, 3.63) is 34.7 Å². The van der Waals surface area contributed by atoms with Crippen molar-refractivity contribution >= 4 is 28.9 Å². The normalized spacial score (nSPS) is 20.4. The van der Waals surface area contributed by atoms with Gasteiger partial charge in [0.05, 0.1) is 24.7 Å². The van der Waals surface area contributed by atoms with Crippen LogP contribution in [0.25, 0.3) is 6.08 Å². The Morgan fingerprint density at radius 3 is 2.73 bits per heavy atom. The third kappa shape index (κ3) is 3.51. The van der Waals surface area contributed by atoms with Crippen molar-refractivity contribution < 1.29 is 14.3 Å². The Bertz CT molecular complexity index is 604. The molecule has 0 unspecified atom stereocenters. The summed E-state index contributed by atoms with van der Waals surface area (Å²) in [7, 11) is 0. The number of rotatable bonds is 3. The summed E-state index contributed by atoms with van der Waals surface area (Å²) >= 11 is 1.44. The lowest BCUT2D eigenvalue weighted by molar-refractivity contribution is -0.113. The van der Waals surface area contributed by atoms with Gasteiger partial charge in [-0.1, -0.05) is 12.1 Å². The van der Waals surface area contributed by atoms with Gasteiger partial charge in [-0.3, -0.25) is 4.79 Å². The van der Waals surface area contributed by atoms with E-state index in [1.54, 1.807) is 0 Å². The maximum Gasteiger partial charge on any atom is 0.286 e. The van der Waals surface area contributed by atoms with Crippen LogP contribution in [0.3, 0.4) is 0 Å². The van der Waals surface area contributed by atoms with Gasteiger partial charge in [0, 0.05) is 13.1 Å². The lowest BCUT2D eigenvalue weighted by atomic mass is 10.2. The van der Waals surface area contributed by atoms with Crippen LogP contribution in [-0.4, -0.2) is 48.9 Å². The van der Waals surface area contributed by atoms with E-state index in [4.69, 9.17) is 9.47 Å². The van der Waals surface area contributed by atoms with Crippen molar-refractivity contribution in [3.8, 4) is 5.75 Å². The van der Waals surface area contributed by atoms with Crippen LogP contribution in [0.4, 0.5) is 0 Å². The number of aliphatic imine (C=N–C) groups is 1. The fourth-order valence-electron chi connectivity index (χ4n) is 2.27. The van der Waals surface area contributed by atoms with Crippen molar-refractivity contribution in [2.24, 2.45) is 4.99 Å². The van der Waals surface area contributed by atoms with Crippen LogP contribution >= 0.6 is 11.8 Å². The average molecular weight is 318 g/mol. The second kappa shape index (κ2) is 6.98. The molecule has 22 heavy (non-hydrogen) atoms. The molecular formula is C16H18N2O3S. The zero-order chi connectivity index (χ0) is 15.4. The van der Waals surface area contributed by atoms with E-state index in [2.05, 4.69) is 9.89 Å². The van der Waals surface area contributed by atoms with Crippen LogP contribution in [0.5, 0.6) is 5.75 Å². The number of hydrogen-bond acceptors (Lipinski definition) is 5. The maximum absolute atomic E-state index is 12.0. The predicted molar refractivity (Wildman–Crippen MR) is 88.0 cm³/mol. The van der Waals surface area contributed by atoms with Gasteiger partial charge in [-0.15, -0.1) is 0 Å². The van der Waals surface area contributed by atoms with E-state index in [1.807, 2.05) is 37.3 Å². The van der Waals surface area contributed by atoms with E-state index in [0.29, 0.717) is 24.7 Å². The largest absolute Gasteiger partial charge is 0.494 e. The third-order valence-electron chi connectivity index (χ3n) is 3.38. The smallest absolute Gasteiger partial charge is 0.286 e. The highest BCUT2D eigenvalue weighted by Crippen LogP contribution is 2.30. The van der Waals surface area contributed by atoms with Crippen LogP contribution in [-0.2, 0) is 9.53 Å². The molecule has 0 saturated carbocycles. The van der Waals surface area contributed by atoms with E-state index in [9.17, 15) is 4.79 Å². The summed E-state index contributed by atoms with van der Waals surface area (Å²) in [5.74, 6) is 0.667. The molecule has 2 aliphatic heterocycles. The zero-order valence-electron chi connectivity index (χ0n) is 12.4. The van der Waals surface area contributed by atoms with E-state index in [-0.39, 0.29) is 5.91 Å². The third-order valence-corrected chi connectivity index (χ3v) is 4.42. The second-order valence-electron chi connectivity index (χ2n) is 4.91. The summed E-state index contributed by atoms with van der Waals surface area (Å²) in [5, 5.41) is 0.783. The Balaban J connectivity index is 1.69. The monoisotopic (exact) mass is 318 g/mol. The first-order valence-electron chi connectivity index (χ1n) is 7.34. The number of nitrogens with zero attached hydrogens (tertiary/aromatic N) is 2. The lowest BCUT2D eigenvalue weighted by Crippen LogP contribution is -2.38. The van der Waals surface area contributed by atoms with Crippen LogP contribution in [0, 0.1) is 0 Å². The van der Waals surface area contributed by atoms with Gasteiger partial charge in [-0.2, -0.15) is 4.99 Å². The van der Waals surface area contributed by atoms with E-state index < -0.39 is 0 Å². The Labute approximate surface area is 134 Å². The molecule has 0 atom stereocenters. The van der Waals surface area contributed by atoms with Gasteiger partial charge in [0.15, 0.2) is 5.17 Å². The van der Waals surface area contributed by atoms with Crippen molar-refractivity contribution in [1.29, 1.82) is 0 Å². The van der Waals surface area contributed by atoms with Crippen LogP contribution in [0.15, 0.2) is 34.2 Å². The molecule has 0 N–H and O–H groups in total. The number of carbonyl (C=O) groups is 1. The van der Waals surface area contributed by atoms with E-state index in [1.165, 1.54) is 11.8 Å². The van der Waals surface area contributed by atoms with Gasteiger partial charge in [-0.05, 0) is 42.5 Å². The van der Waals surface area contributed by atoms with Gasteiger partial charge < -0.3 is 14.4 Å². The van der Waals surface area contributed by atoms with Crippen LogP contribution in [0.1, 0.15) is 12.5 Å². The van der Waals surface area contributed by atoms with Crippen LogP contribution < -0.4 is 4.74 Å². The SMILES string of the molecule is CCOc1ccc(/C=C2/SC(N3CCOCC3)=NC2=O)cc1. The average Bonchev–Trinajstić information content (AvgIpc) is 2.91. The van der Waals surface area contributed by atoms with Crippen molar-refractivity contribution in [2.45, 2.75) is 6.92 Å². The Morgan fingerprint density at radius 2 is 2.05 bits per heavy atom. The number of amidine groups is 1. The standard InChI is InChI=1S/C16H18N2O3S/c1-2-21-13-5-3-12(4-6-13)11-14-15(19)17-16(22-14)18-7-9-20-10-8-18/h3-6,11H,2,7-10H2,1H3/b14-11+. The molecule has 1 aromatic carbocycles. The summed E-state index contributed by atoms with van der Waals surface area (Å²) in [5.41, 5.74) is 0.970. The molecule has 0 aliphatic carbocycles. The molecule has 116 valence electrons. The number of benzene rings is 1. The quantitative estimate of drug-likeness (QED) is 0.801. The van der Waals surface area contributed by atoms with Gasteiger partial charge >= 0.3 is 0 Å². The number of hydrogen-bond donors (Lipinski definition) is 0. The first kappa shape index (κ1) is 15.1. The number of amides is 1. The van der Waals surface area contributed by atoms with Crippen molar-refractivity contribution in [1.82, 2.24) is 4.90 Å². The fourth-order valence-corrected chi connectivity index (χ4v) is 3.23. The highest BCUT2D eigenvalue weighted by atomic mass is 32.2. The molecule has 5 nitrogen and oxygen atoms in total. The molecule has 2 aliphatic rings. The van der Waals surface area contributed by atoms with Gasteiger partial charge in [0.2, 0.25) is 0 Å². The summed E-state index contributed by atoms with van der Waals surface area (Å²) in [6.45, 7) is 5.54. The molecular weight excluding hydrogens is 300 g/mol. The lowest BCUT2D eigenvalue weighted by Gasteiger charge is -2.27. The molecule has 0 spiro atoms. The Kier molecular flexibility index (Phi) is 4.80. The fraction of sp³-hybridized carbons (Fsp3) is 0.375. The number of ether oxygens (including phenoxy) is 2. The zero-order valence-corrected chi connectivity index (χ0v) is 13.3. The minimum atomic E-state index is -0.166. The maximum atomic E-state index is 12.0. The molecule has 1 saturated heterocycles. The topological polar surface area (TPSA) is 51.1 Å². The van der Waals surface area contributed by atoms with Crippen LogP contribution in [0.2, 0.25) is 0 Å². The molecule has 1 amide bonds. The highest BCUT2D eigenvalue weighted by molar-refractivity contribution is 8.18. The number of thioether (sulfide) groups is 1. The predicted octanol–water partition coefficient (Wildman–Crippen LogP) is 2.39. The van der Waals surface area contributed by atoms with Gasteiger partial charge in [-0.25, -0.2) is 0 Å². The Morgan fingerprint density at radius 1 is 1.32 bits per heavy atom. The summed E-state index contributed by atoms with van der Waals surface area (Å²) in [6, 6.07) is 7.70. The minimum absolute atomic E-state index is 0.166. The second-order valence-corrected chi connectivity index (χ2v) is 5.92. The summed E-state index contributed by atoms with van der Waals surface area (Å²) < 4.78 is 10.7. The van der Waals surface area contributed by atoms with E-state index in [0.717, 1.165) is 29.6 Å². The van der Waals surface area contributed by atoms with Gasteiger partial charge in [0.1, 0.15) is 5.75 Å². The molecule has 1 aromatic rings. The highest BCUT2D eigenvalue weighted by Gasteiger charge is 2.26. The molecule has 0 radical (unpaired) electrons. The Hall–Kier alpha value is -1.79. The number of morpholine rings is 1. The van der Waals surface area contributed by atoms with E-state index >= 15 is 0 Å². The molecule has 2 heterocycles. The molecule has 3 rings (SSSR count). The number of carbonyl (C=O) groups excluding carboxylic acids is 1.